The summed E-state index contributed by atoms with van der Waals surface area (Å²) in [6.45, 7) is 12.1. The minimum Gasteiger partial charge on any atom is -0.463 e. The predicted molar refractivity (Wildman–Crippen MR) is 77.9 cm³/mol. The number of nitrogens with one attached hydrogen (secondary N) is 1. The highest BCUT2D eigenvalue weighted by Crippen LogP contribution is 2.15. The Hall–Kier alpha value is -1.85. The molecule has 1 N–H and O–H groups in total. The first-order valence-corrected chi connectivity index (χ1v) is 6.56. The van der Waals surface area contributed by atoms with Crippen LogP contribution < -0.4 is 15.0 Å². The van der Waals surface area contributed by atoms with Gasteiger partial charge in [0.25, 0.3) is 0 Å². The van der Waals surface area contributed by atoms with Crippen molar-refractivity contribution in [2.24, 2.45) is 0 Å². The predicted octanol–water partition coefficient (Wildman–Crippen LogP) is 2.10. The zero-order chi connectivity index (χ0) is 14.3. The molecule has 19 heavy (non-hydrogen) atoms. The maximum Gasteiger partial charge on any atom is 0.323 e. The van der Waals surface area contributed by atoms with Crippen molar-refractivity contribution in [2.45, 2.75) is 27.2 Å². The van der Waals surface area contributed by atoms with Crippen molar-refractivity contribution in [3.63, 3.8) is 0 Å². The monoisotopic (exact) mass is 265 g/mol. The SMILES string of the molecule is C=C(C)CCOc1nc(NC)nc(N(CC)CC)n1. The summed E-state index contributed by atoms with van der Waals surface area (Å²) in [5.74, 6) is 1.15. The van der Waals surface area contributed by atoms with Gasteiger partial charge in [-0.15, -0.1) is 6.58 Å². The summed E-state index contributed by atoms with van der Waals surface area (Å²) < 4.78 is 5.55. The zero-order valence-electron chi connectivity index (χ0n) is 12.2. The van der Waals surface area contributed by atoms with Gasteiger partial charge in [-0.25, -0.2) is 0 Å². The molecule has 6 nitrogen and oxygen atoms in total. The van der Waals surface area contributed by atoms with E-state index < -0.39 is 0 Å². The fourth-order valence-corrected chi connectivity index (χ4v) is 1.49. The molecule has 0 aliphatic carbocycles. The zero-order valence-corrected chi connectivity index (χ0v) is 12.2. The normalized spacial score (nSPS) is 10.1. The highest BCUT2D eigenvalue weighted by atomic mass is 16.5. The summed E-state index contributed by atoms with van der Waals surface area (Å²) >= 11 is 0. The Morgan fingerprint density at radius 3 is 2.47 bits per heavy atom. The first-order chi connectivity index (χ1) is 9.10. The molecule has 0 bridgehead atoms. The molecule has 0 unspecified atom stereocenters. The Morgan fingerprint density at radius 1 is 1.26 bits per heavy atom. The first-order valence-electron chi connectivity index (χ1n) is 6.56. The molecule has 1 heterocycles. The molecular formula is C13H23N5O. The lowest BCUT2D eigenvalue weighted by Gasteiger charge is -2.19. The first kappa shape index (κ1) is 15.2. The van der Waals surface area contributed by atoms with E-state index in [0.29, 0.717) is 24.5 Å². The molecule has 0 aliphatic heterocycles. The van der Waals surface area contributed by atoms with Gasteiger partial charge in [-0.05, 0) is 20.8 Å². The van der Waals surface area contributed by atoms with Crippen LogP contribution in [0.1, 0.15) is 27.2 Å². The van der Waals surface area contributed by atoms with Crippen LogP contribution in [-0.4, -0.2) is 41.7 Å². The van der Waals surface area contributed by atoms with E-state index in [2.05, 4.69) is 40.7 Å². The molecule has 0 aliphatic rings. The molecule has 1 aromatic heterocycles. The van der Waals surface area contributed by atoms with E-state index in [1.807, 2.05) is 11.8 Å². The van der Waals surface area contributed by atoms with Crippen LogP contribution in [0.25, 0.3) is 0 Å². The molecule has 0 saturated heterocycles. The lowest BCUT2D eigenvalue weighted by atomic mass is 10.3. The minimum atomic E-state index is 0.350. The van der Waals surface area contributed by atoms with E-state index in [0.717, 1.165) is 25.1 Å². The Morgan fingerprint density at radius 2 is 1.95 bits per heavy atom. The van der Waals surface area contributed by atoms with Crippen LogP contribution in [0.2, 0.25) is 0 Å². The Bertz CT molecular complexity index is 417. The average Bonchev–Trinajstić information content (AvgIpc) is 2.39. The van der Waals surface area contributed by atoms with Crippen LogP contribution >= 0.6 is 0 Å². The summed E-state index contributed by atoms with van der Waals surface area (Å²) in [7, 11) is 1.78. The molecule has 6 heteroatoms. The van der Waals surface area contributed by atoms with E-state index in [9.17, 15) is 0 Å². The summed E-state index contributed by atoms with van der Waals surface area (Å²) in [5.41, 5.74) is 1.08. The van der Waals surface area contributed by atoms with Gasteiger partial charge in [-0.2, -0.15) is 15.0 Å². The molecule has 0 fully saturated rings. The number of ether oxygens (including phenoxy) is 1. The number of nitrogens with zero attached hydrogens (tertiary/aromatic N) is 4. The highest BCUT2D eigenvalue weighted by molar-refractivity contribution is 5.37. The summed E-state index contributed by atoms with van der Waals surface area (Å²) in [4.78, 5) is 14.9. The van der Waals surface area contributed by atoms with E-state index in [4.69, 9.17) is 4.74 Å². The second-order valence-corrected chi connectivity index (χ2v) is 4.22. The van der Waals surface area contributed by atoms with Gasteiger partial charge >= 0.3 is 6.01 Å². The van der Waals surface area contributed by atoms with Crippen LogP contribution in [0.4, 0.5) is 11.9 Å². The van der Waals surface area contributed by atoms with Gasteiger partial charge in [0.1, 0.15) is 0 Å². The quantitative estimate of drug-likeness (QED) is 0.726. The van der Waals surface area contributed by atoms with Gasteiger partial charge in [0.15, 0.2) is 0 Å². The van der Waals surface area contributed by atoms with E-state index in [1.165, 1.54) is 0 Å². The molecule has 0 saturated carbocycles. The van der Waals surface area contributed by atoms with E-state index in [1.54, 1.807) is 7.05 Å². The van der Waals surface area contributed by atoms with Crippen molar-refractivity contribution in [2.75, 3.05) is 37.0 Å². The number of anilines is 2. The van der Waals surface area contributed by atoms with Gasteiger partial charge in [0, 0.05) is 26.6 Å². The van der Waals surface area contributed by atoms with Gasteiger partial charge in [0.2, 0.25) is 11.9 Å². The minimum absolute atomic E-state index is 0.350. The molecule has 0 atom stereocenters. The standard InChI is InChI=1S/C13H23N5O/c1-6-18(7-2)12-15-11(14-5)16-13(17-12)19-9-8-10(3)4/h3,6-9H2,1-2,4-5H3,(H,14,15,16,17). The molecule has 106 valence electrons. The average molecular weight is 265 g/mol. The van der Waals surface area contributed by atoms with Crippen LogP contribution in [0.5, 0.6) is 6.01 Å². The number of hydrogen-bond acceptors (Lipinski definition) is 6. The van der Waals surface area contributed by atoms with Crippen molar-refractivity contribution >= 4 is 11.9 Å². The summed E-state index contributed by atoms with van der Waals surface area (Å²) in [6.07, 6.45) is 0.793. The van der Waals surface area contributed by atoms with Crippen LogP contribution in [0, 0.1) is 0 Å². The molecule has 0 amide bonds. The van der Waals surface area contributed by atoms with E-state index >= 15 is 0 Å². The third kappa shape index (κ3) is 4.73. The fraction of sp³-hybridized carbons (Fsp3) is 0.615. The van der Waals surface area contributed by atoms with Gasteiger partial charge in [0.05, 0.1) is 6.61 Å². The molecule has 1 rings (SSSR count). The topological polar surface area (TPSA) is 63.2 Å². The number of aromatic nitrogens is 3. The van der Waals surface area contributed by atoms with Crippen molar-refractivity contribution in [3.8, 4) is 6.01 Å². The smallest absolute Gasteiger partial charge is 0.323 e. The van der Waals surface area contributed by atoms with Crippen molar-refractivity contribution in [1.82, 2.24) is 15.0 Å². The van der Waals surface area contributed by atoms with Crippen molar-refractivity contribution in [1.29, 1.82) is 0 Å². The molecule has 0 spiro atoms. The van der Waals surface area contributed by atoms with E-state index in [-0.39, 0.29) is 0 Å². The number of rotatable bonds is 8. The van der Waals surface area contributed by atoms with Gasteiger partial charge < -0.3 is 15.0 Å². The Kier molecular flexibility index (Phi) is 6.05. The largest absolute Gasteiger partial charge is 0.463 e. The number of hydrogen-bond donors (Lipinski definition) is 1. The molecule has 0 radical (unpaired) electrons. The lowest BCUT2D eigenvalue weighted by Crippen LogP contribution is -2.25. The van der Waals surface area contributed by atoms with Crippen LogP contribution in [0.3, 0.4) is 0 Å². The van der Waals surface area contributed by atoms with Crippen LogP contribution in [-0.2, 0) is 0 Å². The third-order valence-corrected chi connectivity index (χ3v) is 2.63. The maximum atomic E-state index is 5.55. The Balaban J connectivity index is 2.85. The third-order valence-electron chi connectivity index (χ3n) is 2.63. The lowest BCUT2D eigenvalue weighted by molar-refractivity contribution is 0.295. The Labute approximate surface area is 114 Å². The van der Waals surface area contributed by atoms with Gasteiger partial charge in [-0.3, -0.25) is 0 Å². The van der Waals surface area contributed by atoms with Crippen LogP contribution in [0.15, 0.2) is 12.2 Å². The summed E-state index contributed by atoms with van der Waals surface area (Å²) in [5, 5.41) is 2.92. The molecular weight excluding hydrogens is 242 g/mol. The molecule has 1 aromatic rings. The highest BCUT2D eigenvalue weighted by Gasteiger charge is 2.11. The van der Waals surface area contributed by atoms with Gasteiger partial charge in [-0.1, -0.05) is 5.57 Å². The fourth-order valence-electron chi connectivity index (χ4n) is 1.49. The van der Waals surface area contributed by atoms with Crippen molar-refractivity contribution < 1.29 is 4.74 Å². The second-order valence-electron chi connectivity index (χ2n) is 4.22. The molecule has 0 aromatic carbocycles. The maximum absolute atomic E-state index is 5.55. The summed E-state index contributed by atoms with van der Waals surface area (Å²) in [6, 6.07) is 0.350. The second kappa shape index (κ2) is 7.56. The van der Waals surface area contributed by atoms with Crippen molar-refractivity contribution in [3.05, 3.63) is 12.2 Å².